The fraction of sp³-hybridized carbons (Fsp3) is 0.615. The summed E-state index contributed by atoms with van der Waals surface area (Å²) in [5.74, 6) is 7.90. The van der Waals surface area contributed by atoms with E-state index in [1.54, 1.807) is 0 Å². The second-order valence-electron chi connectivity index (χ2n) is 5.40. The number of carbonyl (C=O) groups is 1. The van der Waals surface area contributed by atoms with Gasteiger partial charge in [0.05, 0.1) is 6.54 Å². The SMILES string of the molecule is Cc1c(NN)nc(C2CC2)nc1NCC(=O)NC(C)C. The average Bonchev–Trinajstić information content (AvgIpc) is 3.21. The Morgan fingerprint density at radius 1 is 1.35 bits per heavy atom. The molecule has 7 heteroatoms. The molecule has 0 radical (unpaired) electrons. The Labute approximate surface area is 118 Å². The van der Waals surface area contributed by atoms with E-state index in [1.165, 1.54) is 0 Å². The van der Waals surface area contributed by atoms with Gasteiger partial charge in [-0.2, -0.15) is 0 Å². The number of hydrogen-bond acceptors (Lipinski definition) is 6. The highest BCUT2D eigenvalue weighted by molar-refractivity contribution is 5.81. The number of hydrazine groups is 1. The first kappa shape index (κ1) is 14.5. The van der Waals surface area contributed by atoms with Gasteiger partial charge in [-0.05, 0) is 33.6 Å². The topological polar surface area (TPSA) is 105 Å². The quantitative estimate of drug-likeness (QED) is 0.455. The van der Waals surface area contributed by atoms with E-state index in [0.717, 1.165) is 24.2 Å². The van der Waals surface area contributed by atoms with Crippen molar-refractivity contribution in [3.8, 4) is 0 Å². The number of rotatable bonds is 6. The molecular weight excluding hydrogens is 256 g/mol. The number of nitrogens with one attached hydrogen (secondary N) is 3. The van der Waals surface area contributed by atoms with Gasteiger partial charge < -0.3 is 16.1 Å². The minimum Gasteiger partial charge on any atom is -0.361 e. The number of nitrogen functional groups attached to an aromatic ring is 1. The molecular formula is C13H22N6O. The molecule has 1 aromatic rings. The van der Waals surface area contributed by atoms with Gasteiger partial charge in [0.15, 0.2) is 0 Å². The monoisotopic (exact) mass is 278 g/mol. The van der Waals surface area contributed by atoms with Gasteiger partial charge in [-0.3, -0.25) is 4.79 Å². The Balaban J connectivity index is 2.09. The second-order valence-corrected chi connectivity index (χ2v) is 5.40. The molecule has 20 heavy (non-hydrogen) atoms. The Kier molecular flexibility index (Phi) is 4.39. The minimum atomic E-state index is -0.0618. The summed E-state index contributed by atoms with van der Waals surface area (Å²) >= 11 is 0. The summed E-state index contributed by atoms with van der Waals surface area (Å²) in [5, 5.41) is 5.88. The molecule has 110 valence electrons. The Morgan fingerprint density at radius 2 is 2.00 bits per heavy atom. The van der Waals surface area contributed by atoms with Crippen LogP contribution in [-0.2, 0) is 4.79 Å². The lowest BCUT2D eigenvalue weighted by Gasteiger charge is -2.14. The average molecular weight is 278 g/mol. The fourth-order valence-corrected chi connectivity index (χ4v) is 1.91. The van der Waals surface area contributed by atoms with Crippen LogP contribution < -0.4 is 21.9 Å². The van der Waals surface area contributed by atoms with Crippen LogP contribution in [0.25, 0.3) is 0 Å². The van der Waals surface area contributed by atoms with Gasteiger partial charge in [0, 0.05) is 17.5 Å². The van der Waals surface area contributed by atoms with Crippen LogP contribution in [0.4, 0.5) is 11.6 Å². The third-order valence-electron chi connectivity index (χ3n) is 3.11. The molecule has 2 rings (SSSR count). The van der Waals surface area contributed by atoms with Crippen LogP contribution >= 0.6 is 0 Å². The predicted octanol–water partition coefficient (Wildman–Crippen LogP) is 0.885. The van der Waals surface area contributed by atoms with Crippen LogP contribution in [0.2, 0.25) is 0 Å². The van der Waals surface area contributed by atoms with E-state index < -0.39 is 0 Å². The van der Waals surface area contributed by atoms with Gasteiger partial charge in [0.1, 0.15) is 17.5 Å². The van der Waals surface area contributed by atoms with E-state index in [-0.39, 0.29) is 18.5 Å². The molecule has 0 bridgehead atoms. The largest absolute Gasteiger partial charge is 0.361 e. The molecule has 0 unspecified atom stereocenters. The van der Waals surface area contributed by atoms with Gasteiger partial charge in [0.2, 0.25) is 5.91 Å². The van der Waals surface area contributed by atoms with Crippen molar-refractivity contribution < 1.29 is 4.79 Å². The zero-order chi connectivity index (χ0) is 14.7. The van der Waals surface area contributed by atoms with Crippen LogP contribution in [0.15, 0.2) is 0 Å². The summed E-state index contributed by atoms with van der Waals surface area (Å²) in [4.78, 5) is 20.6. The molecule has 1 aromatic heterocycles. The lowest BCUT2D eigenvalue weighted by Crippen LogP contribution is -2.35. The highest BCUT2D eigenvalue weighted by atomic mass is 16.1. The van der Waals surface area contributed by atoms with Crippen molar-refractivity contribution in [2.45, 2.75) is 45.6 Å². The van der Waals surface area contributed by atoms with Crippen molar-refractivity contribution in [2.24, 2.45) is 5.84 Å². The fourth-order valence-electron chi connectivity index (χ4n) is 1.91. The van der Waals surface area contributed by atoms with Crippen LogP contribution in [0.3, 0.4) is 0 Å². The first-order valence-electron chi connectivity index (χ1n) is 6.89. The lowest BCUT2D eigenvalue weighted by molar-refractivity contribution is -0.119. The summed E-state index contributed by atoms with van der Waals surface area (Å²) in [6, 6.07) is 0.124. The number of hydrogen-bond donors (Lipinski definition) is 4. The van der Waals surface area contributed by atoms with Crippen LogP contribution in [0, 0.1) is 6.92 Å². The molecule has 1 fully saturated rings. The maximum absolute atomic E-state index is 11.7. The molecule has 1 saturated carbocycles. The van der Waals surface area contributed by atoms with Gasteiger partial charge in [0.25, 0.3) is 0 Å². The number of nitrogens with zero attached hydrogens (tertiary/aromatic N) is 2. The van der Waals surface area contributed by atoms with Crippen molar-refractivity contribution in [1.29, 1.82) is 0 Å². The molecule has 0 aromatic carbocycles. The second kappa shape index (κ2) is 6.04. The molecule has 0 aliphatic heterocycles. The molecule has 1 aliphatic carbocycles. The Bertz CT molecular complexity index is 498. The number of amides is 1. The van der Waals surface area contributed by atoms with Gasteiger partial charge in [-0.25, -0.2) is 15.8 Å². The van der Waals surface area contributed by atoms with Crippen molar-refractivity contribution in [3.63, 3.8) is 0 Å². The van der Waals surface area contributed by atoms with E-state index in [9.17, 15) is 4.79 Å². The van der Waals surface area contributed by atoms with Gasteiger partial charge >= 0.3 is 0 Å². The van der Waals surface area contributed by atoms with Crippen molar-refractivity contribution in [1.82, 2.24) is 15.3 Å². The standard InChI is InChI=1S/C13H22N6O/c1-7(2)16-10(20)6-15-11-8(3)12(19-14)18-13(17-11)9-4-5-9/h7,9H,4-6,14H2,1-3H3,(H,16,20)(H2,15,17,18,19). The molecule has 5 N–H and O–H groups in total. The maximum Gasteiger partial charge on any atom is 0.239 e. The zero-order valence-corrected chi connectivity index (χ0v) is 12.2. The molecule has 0 spiro atoms. The van der Waals surface area contributed by atoms with Crippen LogP contribution in [0.5, 0.6) is 0 Å². The van der Waals surface area contributed by atoms with Crippen molar-refractivity contribution >= 4 is 17.5 Å². The number of aromatic nitrogens is 2. The number of carbonyl (C=O) groups excluding carboxylic acids is 1. The zero-order valence-electron chi connectivity index (χ0n) is 12.2. The van der Waals surface area contributed by atoms with Crippen LogP contribution in [-0.4, -0.2) is 28.5 Å². The highest BCUT2D eigenvalue weighted by Gasteiger charge is 2.28. The van der Waals surface area contributed by atoms with E-state index >= 15 is 0 Å². The lowest BCUT2D eigenvalue weighted by atomic mass is 10.2. The van der Waals surface area contributed by atoms with E-state index in [1.807, 2.05) is 20.8 Å². The molecule has 0 atom stereocenters. The Morgan fingerprint density at radius 3 is 2.55 bits per heavy atom. The summed E-state index contributed by atoms with van der Waals surface area (Å²) in [5.41, 5.74) is 3.40. The molecule has 1 amide bonds. The first-order chi connectivity index (χ1) is 9.51. The first-order valence-corrected chi connectivity index (χ1v) is 6.89. The summed E-state index contributed by atoms with van der Waals surface area (Å²) in [6.07, 6.45) is 2.22. The third-order valence-corrected chi connectivity index (χ3v) is 3.11. The molecule has 1 heterocycles. The number of anilines is 2. The smallest absolute Gasteiger partial charge is 0.239 e. The predicted molar refractivity (Wildman–Crippen MR) is 78.3 cm³/mol. The minimum absolute atomic E-state index is 0.0618. The van der Waals surface area contributed by atoms with Crippen molar-refractivity contribution in [3.05, 3.63) is 11.4 Å². The highest BCUT2D eigenvalue weighted by Crippen LogP contribution is 2.39. The normalized spacial score (nSPS) is 14.2. The van der Waals surface area contributed by atoms with E-state index in [0.29, 0.717) is 17.6 Å². The molecule has 7 nitrogen and oxygen atoms in total. The maximum atomic E-state index is 11.7. The molecule has 1 aliphatic rings. The Hall–Kier alpha value is -1.89. The van der Waals surface area contributed by atoms with E-state index in [2.05, 4.69) is 26.0 Å². The van der Waals surface area contributed by atoms with Crippen molar-refractivity contribution in [2.75, 3.05) is 17.3 Å². The van der Waals surface area contributed by atoms with Gasteiger partial charge in [-0.15, -0.1) is 0 Å². The number of nitrogens with two attached hydrogens (primary N) is 1. The summed E-state index contributed by atoms with van der Waals surface area (Å²) < 4.78 is 0. The summed E-state index contributed by atoms with van der Waals surface area (Å²) in [7, 11) is 0. The van der Waals surface area contributed by atoms with E-state index in [4.69, 9.17) is 5.84 Å². The molecule has 0 saturated heterocycles. The van der Waals surface area contributed by atoms with Crippen LogP contribution in [0.1, 0.15) is 44.0 Å². The van der Waals surface area contributed by atoms with Gasteiger partial charge in [-0.1, -0.05) is 0 Å². The summed E-state index contributed by atoms with van der Waals surface area (Å²) in [6.45, 7) is 5.91. The third kappa shape index (κ3) is 3.57.